The zero-order chi connectivity index (χ0) is 13.9. The van der Waals surface area contributed by atoms with Crippen molar-refractivity contribution in [1.82, 2.24) is 15.2 Å². The summed E-state index contributed by atoms with van der Waals surface area (Å²) in [6.45, 7) is 0.323. The van der Waals surface area contributed by atoms with Crippen LogP contribution in [0.1, 0.15) is 23.4 Å². The highest BCUT2D eigenvalue weighted by Gasteiger charge is 2.22. The fourth-order valence-corrected chi connectivity index (χ4v) is 2.61. The first-order valence-corrected chi connectivity index (χ1v) is 7.05. The second-order valence-corrected chi connectivity index (χ2v) is 5.49. The van der Waals surface area contributed by atoms with E-state index in [9.17, 15) is 4.79 Å². The lowest BCUT2D eigenvalue weighted by Gasteiger charge is -2.22. The Kier molecular flexibility index (Phi) is 3.42. The third-order valence-corrected chi connectivity index (χ3v) is 3.72. The van der Waals surface area contributed by atoms with Gasteiger partial charge in [-0.15, -0.1) is 10.2 Å². The Morgan fingerprint density at radius 3 is 2.70 bits per heavy atom. The predicted octanol–water partition coefficient (Wildman–Crippen LogP) is 1.65. The molecule has 0 aliphatic carbocycles. The summed E-state index contributed by atoms with van der Waals surface area (Å²) >= 11 is 1.27. The number of nitrogen functional groups attached to an aromatic ring is 1. The van der Waals surface area contributed by atoms with Crippen molar-refractivity contribution in [2.75, 3.05) is 5.73 Å². The number of anilines is 1. The van der Waals surface area contributed by atoms with Gasteiger partial charge in [-0.1, -0.05) is 41.7 Å². The number of amides is 1. The summed E-state index contributed by atoms with van der Waals surface area (Å²) in [5.41, 5.74) is 7.50. The predicted molar refractivity (Wildman–Crippen MR) is 77.1 cm³/mol. The van der Waals surface area contributed by atoms with Gasteiger partial charge in [0.25, 0.3) is 0 Å². The first-order valence-electron chi connectivity index (χ1n) is 6.23. The molecule has 1 aromatic heterocycles. The lowest BCUT2D eigenvalue weighted by Crippen LogP contribution is -2.31. The molecule has 0 fully saturated rings. The highest BCUT2D eigenvalue weighted by Crippen LogP contribution is 2.19. The van der Waals surface area contributed by atoms with Crippen LogP contribution in [0.4, 0.5) is 5.13 Å². The van der Waals surface area contributed by atoms with E-state index in [1.54, 1.807) is 0 Å². The van der Waals surface area contributed by atoms with E-state index in [-0.39, 0.29) is 5.91 Å². The minimum atomic E-state index is -0.00143. The molecule has 102 valence electrons. The molecule has 0 bridgehead atoms. The summed E-state index contributed by atoms with van der Waals surface area (Å²) in [6.07, 6.45) is 1.12. The zero-order valence-electron chi connectivity index (χ0n) is 10.7. The number of hydrogen-bond acceptors (Lipinski definition) is 6. The standard InChI is InChI=1S/C13H13N5OS/c14-13-16-15-11(20-13)8-18-12(19)7-6-10(17-18)9-4-2-1-3-5-9/h1-5H,6-8H2,(H2,14,16). The van der Waals surface area contributed by atoms with Crippen molar-refractivity contribution in [3.8, 4) is 0 Å². The summed E-state index contributed by atoms with van der Waals surface area (Å²) < 4.78 is 0. The number of carbonyl (C=O) groups excluding carboxylic acids is 1. The van der Waals surface area contributed by atoms with Crippen molar-refractivity contribution < 1.29 is 4.79 Å². The minimum absolute atomic E-state index is 0.00143. The molecule has 7 heteroatoms. The Bertz CT molecular complexity index is 652. The quantitative estimate of drug-likeness (QED) is 0.930. The molecule has 1 aliphatic heterocycles. The van der Waals surface area contributed by atoms with E-state index in [1.807, 2.05) is 30.3 Å². The molecular formula is C13H13N5OS. The Hall–Kier alpha value is -2.28. The average molecular weight is 287 g/mol. The molecule has 1 amide bonds. The van der Waals surface area contributed by atoms with E-state index in [4.69, 9.17) is 5.73 Å². The van der Waals surface area contributed by atoms with Gasteiger partial charge in [0.1, 0.15) is 5.01 Å². The van der Waals surface area contributed by atoms with Crippen molar-refractivity contribution in [3.05, 3.63) is 40.9 Å². The number of nitrogens with two attached hydrogens (primary N) is 1. The molecule has 0 atom stereocenters. The maximum atomic E-state index is 11.9. The molecule has 3 rings (SSSR count). The van der Waals surface area contributed by atoms with Gasteiger partial charge in [0.05, 0.1) is 12.3 Å². The number of aromatic nitrogens is 2. The Morgan fingerprint density at radius 2 is 2.00 bits per heavy atom. The number of rotatable bonds is 3. The van der Waals surface area contributed by atoms with E-state index in [2.05, 4.69) is 15.3 Å². The van der Waals surface area contributed by atoms with Crippen LogP contribution in [-0.4, -0.2) is 26.8 Å². The molecule has 2 heterocycles. The van der Waals surface area contributed by atoms with Crippen molar-refractivity contribution in [1.29, 1.82) is 0 Å². The van der Waals surface area contributed by atoms with E-state index >= 15 is 0 Å². The summed E-state index contributed by atoms with van der Waals surface area (Å²) in [7, 11) is 0. The lowest BCUT2D eigenvalue weighted by atomic mass is 10.0. The highest BCUT2D eigenvalue weighted by atomic mass is 32.1. The number of hydrogen-bond donors (Lipinski definition) is 1. The van der Waals surface area contributed by atoms with Crippen molar-refractivity contribution >= 4 is 28.1 Å². The van der Waals surface area contributed by atoms with Gasteiger partial charge < -0.3 is 5.73 Å². The molecule has 1 aliphatic rings. The topological polar surface area (TPSA) is 84.5 Å². The van der Waals surface area contributed by atoms with Gasteiger partial charge in [-0.2, -0.15) is 5.10 Å². The summed E-state index contributed by atoms with van der Waals surface area (Å²) in [5, 5.41) is 14.6. The molecule has 2 aromatic rings. The van der Waals surface area contributed by atoms with E-state index in [1.165, 1.54) is 16.3 Å². The van der Waals surface area contributed by atoms with E-state index < -0.39 is 0 Å². The van der Waals surface area contributed by atoms with Crippen LogP contribution >= 0.6 is 11.3 Å². The second-order valence-electron chi connectivity index (χ2n) is 4.40. The van der Waals surface area contributed by atoms with Gasteiger partial charge in [0.15, 0.2) is 0 Å². The number of carbonyl (C=O) groups is 1. The Balaban J connectivity index is 1.83. The molecule has 0 spiro atoms. The largest absolute Gasteiger partial charge is 0.374 e. The van der Waals surface area contributed by atoms with Crippen LogP contribution in [0.3, 0.4) is 0 Å². The molecule has 0 unspecified atom stereocenters. The maximum absolute atomic E-state index is 11.9. The van der Waals surface area contributed by atoms with Gasteiger partial charge >= 0.3 is 0 Å². The van der Waals surface area contributed by atoms with Crippen LogP contribution in [-0.2, 0) is 11.3 Å². The van der Waals surface area contributed by atoms with E-state index in [0.717, 1.165) is 11.3 Å². The molecule has 0 saturated heterocycles. The van der Waals surface area contributed by atoms with Crippen LogP contribution < -0.4 is 5.73 Å². The third-order valence-electron chi connectivity index (χ3n) is 2.98. The van der Waals surface area contributed by atoms with Crippen LogP contribution in [0.5, 0.6) is 0 Å². The number of nitrogens with zero attached hydrogens (tertiary/aromatic N) is 4. The molecule has 0 radical (unpaired) electrons. The van der Waals surface area contributed by atoms with Crippen molar-refractivity contribution in [2.24, 2.45) is 5.10 Å². The summed E-state index contributed by atoms with van der Waals surface area (Å²) in [6, 6.07) is 9.87. The fraction of sp³-hybridized carbons (Fsp3) is 0.231. The van der Waals surface area contributed by atoms with E-state index in [0.29, 0.717) is 29.5 Å². The third kappa shape index (κ3) is 2.67. The van der Waals surface area contributed by atoms with Gasteiger partial charge in [-0.25, -0.2) is 5.01 Å². The van der Waals surface area contributed by atoms with Gasteiger partial charge in [0, 0.05) is 12.8 Å². The molecular weight excluding hydrogens is 274 g/mol. The van der Waals surface area contributed by atoms with Crippen molar-refractivity contribution in [2.45, 2.75) is 19.4 Å². The SMILES string of the molecule is Nc1nnc(CN2N=C(c3ccccc3)CCC2=O)s1. The van der Waals surface area contributed by atoms with Crippen molar-refractivity contribution in [3.63, 3.8) is 0 Å². The number of benzene rings is 1. The lowest BCUT2D eigenvalue weighted by molar-refractivity contribution is -0.132. The first-order chi connectivity index (χ1) is 9.72. The minimum Gasteiger partial charge on any atom is -0.374 e. The molecule has 1 aromatic carbocycles. The van der Waals surface area contributed by atoms with Gasteiger partial charge in [-0.3, -0.25) is 4.79 Å². The fourth-order valence-electron chi connectivity index (χ4n) is 2.02. The molecule has 20 heavy (non-hydrogen) atoms. The second kappa shape index (κ2) is 5.38. The Labute approximate surface area is 119 Å². The highest BCUT2D eigenvalue weighted by molar-refractivity contribution is 7.15. The molecule has 6 nitrogen and oxygen atoms in total. The summed E-state index contributed by atoms with van der Waals surface area (Å²) in [4.78, 5) is 11.9. The van der Waals surface area contributed by atoms with Crippen LogP contribution in [0.15, 0.2) is 35.4 Å². The number of hydrazone groups is 1. The van der Waals surface area contributed by atoms with Gasteiger partial charge in [-0.05, 0) is 5.56 Å². The smallest absolute Gasteiger partial charge is 0.243 e. The first kappa shape index (κ1) is 12.7. The normalized spacial score (nSPS) is 15.3. The zero-order valence-corrected chi connectivity index (χ0v) is 11.5. The molecule has 0 saturated carbocycles. The summed E-state index contributed by atoms with van der Waals surface area (Å²) in [5.74, 6) is -0.00143. The Morgan fingerprint density at radius 1 is 1.20 bits per heavy atom. The van der Waals surface area contributed by atoms with Crippen LogP contribution in [0.25, 0.3) is 0 Å². The maximum Gasteiger partial charge on any atom is 0.243 e. The van der Waals surface area contributed by atoms with Gasteiger partial charge in [0.2, 0.25) is 11.0 Å². The average Bonchev–Trinajstić information content (AvgIpc) is 2.88. The van der Waals surface area contributed by atoms with Crippen LogP contribution in [0, 0.1) is 0 Å². The monoisotopic (exact) mass is 287 g/mol. The van der Waals surface area contributed by atoms with Crippen LogP contribution in [0.2, 0.25) is 0 Å². The molecule has 2 N–H and O–H groups in total.